The molecule has 0 saturated carbocycles. The topological polar surface area (TPSA) is 75.9 Å². The van der Waals surface area contributed by atoms with E-state index in [4.69, 9.17) is 5.84 Å². The Morgan fingerprint density at radius 2 is 2.29 bits per heavy atom. The maximum Gasteiger partial charge on any atom is 0.224 e. The first-order valence-corrected chi connectivity index (χ1v) is 4.76. The molecule has 0 spiro atoms. The van der Waals surface area contributed by atoms with E-state index in [1.807, 2.05) is 0 Å². The molecule has 4 N–H and O–H groups in total. The average molecular weight is 195 g/mol. The molecule has 1 heterocycles. The van der Waals surface area contributed by atoms with Gasteiger partial charge >= 0.3 is 0 Å². The van der Waals surface area contributed by atoms with Crippen molar-refractivity contribution in [3.05, 3.63) is 12.3 Å². The number of nitrogens with zero attached hydrogens (tertiary/aromatic N) is 2. The third kappa shape index (κ3) is 3.57. The van der Waals surface area contributed by atoms with E-state index in [1.165, 1.54) is 0 Å². The van der Waals surface area contributed by atoms with E-state index >= 15 is 0 Å². The Balaban J connectivity index is 2.42. The van der Waals surface area contributed by atoms with Gasteiger partial charge in [-0.2, -0.15) is 4.98 Å². The summed E-state index contributed by atoms with van der Waals surface area (Å²) in [6.45, 7) is 5.24. The lowest BCUT2D eigenvalue weighted by molar-refractivity contribution is 0.606. The number of nitrogens with one attached hydrogen (secondary N) is 2. The van der Waals surface area contributed by atoms with E-state index < -0.39 is 0 Å². The van der Waals surface area contributed by atoms with Gasteiger partial charge < -0.3 is 10.7 Å². The smallest absolute Gasteiger partial charge is 0.224 e. The first kappa shape index (κ1) is 10.7. The molecule has 14 heavy (non-hydrogen) atoms. The van der Waals surface area contributed by atoms with Gasteiger partial charge in [-0.3, -0.25) is 0 Å². The van der Waals surface area contributed by atoms with Gasteiger partial charge in [-0.1, -0.05) is 13.8 Å². The van der Waals surface area contributed by atoms with Crippen molar-refractivity contribution >= 4 is 11.8 Å². The van der Waals surface area contributed by atoms with Crippen molar-refractivity contribution < 1.29 is 0 Å². The number of aromatic nitrogens is 2. The van der Waals surface area contributed by atoms with Crippen LogP contribution in [0.3, 0.4) is 0 Å². The van der Waals surface area contributed by atoms with Gasteiger partial charge in [0, 0.05) is 18.8 Å². The predicted molar refractivity (Wildman–Crippen MR) is 57.8 cm³/mol. The Morgan fingerprint density at radius 1 is 1.50 bits per heavy atom. The average Bonchev–Trinajstić information content (AvgIpc) is 2.18. The van der Waals surface area contributed by atoms with Crippen LogP contribution in [-0.2, 0) is 0 Å². The minimum atomic E-state index is 0.612. The molecule has 0 aliphatic heterocycles. The normalized spacial score (nSPS) is 10.3. The van der Waals surface area contributed by atoms with Crippen LogP contribution in [0, 0.1) is 5.92 Å². The molecule has 0 saturated heterocycles. The van der Waals surface area contributed by atoms with Crippen molar-refractivity contribution in [2.75, 3.05) is 17.3 Å². The maximum atomic E-state index is 5.23. The summed E-state index contributed by atoms with van der Waals surface area (Å²) < 4.78 is 0. The van der Waals surface area contributed by atoms with Crippen LogP contribution in [0.2, 0.25) is 0 Å². The van der Waals surface area contributed by atoms with Crippen LogP contribution >= 0.6 is 0 Å². The van der Waals surface area contributed by atoms with Gasteiger partial charge in [-0.25, -0.2) is 10.8 Å². The zero-order chi connectivity index (χ0) is 10.4. The van der Waals surface area contributed by atoms with Crippen LogP contribution < -0.4 is 16.6 Å². The number of nitrogen functional groups attached to an aromatic ring is 1. The highest BCUT2D eigenvalue weighted by Gasteiger charge is 1.98. The van der Waals surface area contributed by atoms with Gasteiger partial charge in [-0.15, -0.1) is 0 Å². The summed E-state index contributed by atoms with van der Waals surface area (Å²) in [7, 11) is 0. The summed E-state index contributed by atoms with van der Waals surface area (Å²) >= 11 is 0. The Morgan fingerprint density at radius 3 is 2.93 bits per heavy atom. The Labute approximate surface area is 84.1 Å². The zero-order valence-corrected chi connectivity index (χ0v) is 8.62. The fourth-order valence-electron chi connectivity index (χ4n) is 0.997. The summed E-state index contributed by atoms with van der Waals surface area (Å²) in [5, 5.41) is 3.13. The lowest BCUT2D eigenvalue weighted by Crippen LogP contribution is -2.12. The molecule has 5 heteroatoms. The molecule has 0 atom stereocenters. The lowest BCUT2D eigenvalue weighted by atomic mass is 10.1. The summed E-state index contributed by atoms with van der Waals surface area (Å²) in [5.41, 5.74) is 2.48. The SMILES string of the molecule is CC(C)CCNc1nccc(NN)n1. The number of hydrogen-bond donors (Lipinski definition) is 3. The number of nitrogens with two attached hydrogens (primary N) is 1. The van der Waals surface area contributed by atoms with E-state index in [1.54, 1.807) is 12.3 Å². The van der Waals surface area contributed by atoms with Gasteiger partial charge in [0.1, 0.15) is 5.82 Å². The Bertz CT molecular complexity index is 274. The van der Waals surface area contributed by atoms with E-state index in [2.05, 4.69) is 34.6 Å². The van der Waals surface area contributed by atoms with Crippen LogP contribution in [-0.4, -0.2) is 16.5 Å². The molecule has 1 rings (SSSR count). The van der Waals surface area contributed by atoms with Crippen molar-refractivity contribution in [1.29, 1.82) is 0 Å². The van der Waals surface area contributed by atoms with Gasteiger partial charge in [-0.05, 0) is 12.3 Å². The monoisotopic (exact) mass is 195 g/mol. The van der Waals surface area contributed by atoms with E-state index in [0.29, 0.717) is 17.7 Å². The van der Waals surface area contributed by atoms with Gasteiger partial charge in [0.2, 0.25) is 5.95 Å². The summed E-state index contributed by atoms with van der Waals surface area (Å²) in [4.78, 5) is 8.20. The predicted octanol–water partition coefficient (Wildman–Crippen LogP) is 1.22. The second-order valence-corrected chi connectivity index (χ2v) is 3.52. The molecular formula is C9H17N5. The Kier molecular flexibility index (Phi) is 4.12. The maximum absolute atomic E-state index is 5.23. The van der Waals surface area contributed by atoms with Crippen LogP contribution in [0.25, 0.3) is 0 Å². The zero-order valence-electron chi connectivity index (χ0n) is 8.62. The third-order valence-electron chi connectivity index (χ3n) is 1.81. The molecule has 78 valence electrons. The van der Waals surface area contributed by atoms with Crippen molar-refractivity contribution in [2.45, 2.75) is 20.3 Å². The van der Waals surface area contributed by atoms with Crippen LogP contribution in [0.1, 0.15) is 20.3 Å². The van der Waals surface area contributed by atoms with Crippen molar-refractivity contribution in [2.24, 2.45) is 11.8 Å². The van der Waals surface area contributed by atoms with Gasteiger partial charge in [0.25, 0.3) is 0 Å². The summed E-state index contributed by atoms with van der Waals surface area (Å²) in [6.07, 6.45) is 2.77. The van der Waals surface area contributed by atoms with E-state index in [-0.39, 0.29) is 0 Å². The Hall–Kier alpha value is -1.36. The molecule has 1 aromatic heterocycles. The van der Waals surface area contributed by atoms with E-state index in [0.717, 1.165) is 13.0 Å². The summed E-state index contributed by atoms with van der Waals surface area (Å²) in [6, 6.07) is 1.72. The molecule has 1 aromatic rings. The van der Waals surface area contributed by atoms with Crippen molar-refractivity contribution in [3.8, 4) is 0 Å². The van der Waals surface area contributed by atoms with Crippen molar-refractivity contribution in [3.63, 3.8) is 0 Å². The second kappa shape index (κ2) is 5.39. The number of anilines is 2. The molecular weight excluding hydrogens is 178 g/mol. The first-order valence-electron chi connectivity index (χ1n) is 4.76. The lowest BCUT2D eigenvalue weighted by Gasteiger charge is -2.07. The third-order valence-corrected chi connectivity index (χ3v) is 1.81. The molecule has 0 amide bonds. The van der Waals surface area contributed by atoms with Gasteiger partial charge in [0.15, 0.2) is 0 Å². The molecule has 0 aliphatic rings. The number of hydrogen-bond acceptors (Lipinski definition) is 5. The molecule has 0 aromatic carbocycles. The first-order chi connectivity index (χ1) is 6.72. The number of hydrazine groups is 1. The van der Waals surface area contributed by atoms with Crippen molar-refractivity contribution in [1.82, 2.24) is 9.97 Å². The van der Waals surface area contributed by atoms with E-state index in [9.17, 15) is 0 Å². The minimum absolute atomic E-state index is 0.612. The fraction of sp³-hybridized carbons (Fsp3) is 0.556. The largest absolute Gasteiger partial charge is 0.354 e. The highest BCUT2D eigenvalue weighted by Crippen LogP contribution is 2.05. The number of rotatable bonds is 5. The fourth-order valence-corrected chi connectivity index (χ4v) is 0.997. The highest BCUT2D eigenvalue weighted by atomic mass is 15.3. The molecule has 0 aliphatic carbocycles. The highest BCUT2D eigenvalue weighted by molar-refractivity contribution is 5.38. The van der Waals surface area contributed by atoms with Crippen LogP contribution in [0.5, 0.6) is 0 Å². The quantitative estimate of drug-likeness (QED) is 0.486. The molecule has 0 unspecified atom stereocenters. The minimum Gasteiger partial charge on any atom is -0.354 e. The van der Waals surface area contributed by atoms with Crippen LogP contribution in [0.4, 0.5) is 11.8 Å². The van der Waals surface area contributed by atoms with Crippen LogP contribution in [0.15, 0.2) is 12.3 Å². The second-order valence-electron chi connectivity index (χ2n) is 3.52. The standard InChI is InChI=1S/C9H17N5/c1-7(2)3-5-11-9-12-6-4-8(13-9)14-10/h4,6-7H,3,5,10H2,1-2H3,(H2,11,12,13,14). The molecule has 0 bridgehead atoms. The molecule has 5 nitrogen and oxygen atoms in total. The van der Waals surface area contributed by atoms with Gasteiger partial charge in [0.05, 0.1) is 0 Å². The summed E-state index contributed by atoms with van der Waals surface area (Å²) in [5.74, 6) is 7.14. The molecule has 0 fully saturated rings. The molecule has 0 radical (unpaired) electrons.